The Bertz CT molecular complexity index is 750. The van der Waals surface area contributed by atoms with Crippen molar-refractivity contribution in [3.8, 4) is 0 Å². The summed E-state index contributed by atoms with van der Waals surface area (Å²) in [5.74, 6) is -0.647. The third-order valence-electron chi connectivity index (χ3n) is 3.16. The number of furan rings is 1. The van der Waals surface area contributed by atoms with Crippen molar-refractivity contribution in [2.75, 3.05) is 7.05 Å². The van der Waals surface area contributed by atoms with Gasteiger partial charge in [-0.1, -0.05) is 6.07 Å². The summed E-state index contributed by atoms with van der Waals surface area (Å²) in [5.41, 5.74) is 0.193. The van der Waals surface area contributed by atoms with Crippen LogP contribution in [0.3, 0.4) is 0 Å². The smallest absolute Gasteiger partial charge is 0.335 e. The Hall–Kier alpha value is -2.12. The van der Waals surface area contributed by atoms with Crippen LogP contribution < -0.4 is 0 Å². The molecule has 0 fully saturated rings. The molecular weight excluding hydrogens is 294 g/mol. The normalized spacial score (nSPS) is 11.8. The van der Waals surface area contributed by atoms with Gasteiger partial charge in [-0.15, -0.1) is 0 Å². The van der Waals surface area contributed by atoms with Crippen molar-refractivity contribution in [2.45, 2.75) is 18.4 Å². The maximum atomic E-state index is 12.5. The Kier molecular flexibility index (Phi) is 4.15. The highest BCUT2D eigenvalue weighted by atomic mass is 32.2. The molecule has 0 spiro atoms. The summed E-state index contributed by atoms with van der Waals surface area (Å²) in [7, 11) is -2.37. The third kappa shape index (κ3) is 2.98. The summed E-state index contributed by atoms with van der Waals surface area (Å²) >= 11 is 0. The van der Waals surface area contributed by atoms with Gasteiger partial charge in [-0.05, 0) is 36.8 Å². The minimum absolute atomic E-state index is 0.0172. The Balaban J connectivity index is 2.40. The van der Waals surface area contributed by atoms with Gasteiger partial charge < -0.3 is 9.52 Å². The molecule has 0 amide bonds. The fraction of sp³-hybridized carbons (Fsp3) is 0.214. The van der Waals surface area contributed by atoms with E-state index < -0.39 is 16.0 Å². The van der Waals surface area contributed by atoms with Crippen LogP contribution in [0, 0.1) is 6.92 Å². The van der Waals surface area contributed by atoms with Crippen LogP contribution >= 0.6 is 0 Å². The molecule has 0 aliphatic carbocycles. The third-order valence-corrected chi connectivity index (χ3v) is 5.11. The lowest BCUT2D eigenvalue weighted by Crippen LogP contribution is -2.27. The fourth-order valence-corrected chi connectivity index (χ4v) is 3.38. The van der Waals surface area contributed by atoms with E-state index in [2.05, 4.69) is 0 Å². The SMILES string of the molecule is Cc1c(C(=O)O)cccc1S(=O)(=O)N(C)Cc1ccco1. The number of aromatic carboxylic acids is 1. The van der Waals surface area contributed by atoms with Crippen LogP contribution in [0.2, 0.25) is 0 Å². The van der Waals surface area contributed by atoms with E-state index in [9.17, 15) is 13.2 Å². The number of benzene rings is 1. The van der Waals surface area contributed by atoms with E-state index in [1.807, 2.05) is 0 Å². The minimum Gasteiger partial charge on any atom is -0.478 e. The number of nitrogens with zero attached hydrogens (tertiary/aromatic N) is 1. The second-order valence-electron chi connectivity index (χ2n) is 4.57. The molecule has 0 radical (unpaired) electrons. The van der Waals surface area contributed by atoms with Crippen LogP contribution in [0.4, 0.5) is 0 Å². The van der Waals surface area contributed by atoms with Crippen molar-refractivity contribution in [2.24, 2.45) is 0 Å². The Morgan fingerprint density at radius 1 is 1.29 bits per heavy atom. The lowest BCUT2D eigenvalue weighted by molar-refractivity contribution is 0.0696. The van der Waals surface area contributed by atoms with Crippen molar-refractivity contribution in [1.29, 1.82) is 0 Å². The fourth-order valence-electron chi connectivity index (χ4n) is 2.00. The molecule has 1 N–H and O–H groups in total. The highest BCUT2D eigenvalue weighted by Gasteiger charge is 2.25. The molecule has 112 valence electrons. The van der Waals surface area contributed by atoms with Crippen LogP contribution in [-0.2, 0) is 16.6 Å². The maximum Gasteiger partial charge on any atom is 0.335 e. The van der Waals surface area contributed by atoms with Crippen LogP contribution in [-0.4, -0.2) is 30.8 Å². The molecule has 0 atom stereocenters. The standard InChI is InChI=1S/C14H15NO5S/c1-10-12(14(16)17)6-3-7-13(10)21(18,19)15(2)9-11-5-4-8-20-11/h3-8H,9H2,1-2H3,(H,16,17). The largest absolute Gasteiger partial charge is 0.478 e. The molecule has 1 aromatic heterocycles. The van der Waals surface area contributed by atoms with Gasteiger partial charge in [0.15, 0.2) is 0 Å². The van der Waals surface area contributed by atoms with Gasteiger partial charge in [0.05, 0.1) is 23.3 Å². The Morgan fingerprint density at radius 3 is 2.57 bits per heavy atom. The summed E-state index contributed by atoms with van der Waals surface area (Å²) in [6.45, 7) is 1.56. The molecule has 0 aliphatic rings. The van der Waals surface area contributed by atoms with Gasteiger partial charge in [-0.3, -0.25) is 0 Å². The van der Waals surface area contributed by atoms with E-state index in [0.717, 1.165) is 4.31 Å². The van der Waals surface area contributed by atoms with Gasteiger partial charge in [-0.2, -0.15) is 4.31 Å². The van der Waals surface area contributed by atoms with Crippen molar-refractivity contribution < 1.29 is 22.7 Å². The second-order valence-corrected chi connectivity index (χ2v) is 6.59. The van der Waals surface area contributed by atoms with Gasteiger partial charge in [0.25, 0.3) is 0 Å². The predicted octanol–water partition coefficient (Wildman–Crippen LogP) is 2.11. The lowest BCUT2D eigenvalue weighted by Gasteiger charge is -2.18. The molecule has 2 aromatic rings. The first kappa shape index (κ1) is 15.3. The highest BCUT2D eigenvalue weighted by molar-refractivity contribution is 7.89. The van der Waals surface area contributed by atoms with E-state index >= 15 is 0 Å². The van der Waals surface area contributed by atoms with E-state index in [1.165, 1.54) is 38.4 Å². The van der Waals surface area contributed by atoms with Crippen molar-refractivity contribution >= 4 is 16.0 Å². The Morgan fingerprint density at radius 2 is 2.00 bits per heavy atom. The molecule has 2 rings (SSSR count). The van der Waals surface area contributed by atoms with Crippen molar-refractivity contribution in [1.82, 2.24) is 4.31 Å². The molecule has 0 aliphatic heterocycles. The summed E-state index contributed by atoms with van der Waals surface area (Å²) in [5, 5.41) is 9.08. The molecule has 0 bridgehead atoms. The number of hydrogen-bond donors (Lipinski definition) is 1. The molecule has 0 unspecified atom stereocenters. The molecule has 21 heavy (non-hydrogen) atoms. The van der Waals surface area contributed by atoms with Crippen molar-refractivity contribution in [3.05, 3.63) is 53.5 Å². The van der Waals surface area contributed by atoms with E-state index in [1.54, 1.807) is 12.1 Å². The average Bonchev–Trinajstić information content (AvgIpc) is 2.91. The molecule has 6 nitrogen and oxygen atoms in total. The predicted molar refractivity (Wildman–Crippen MR) is 75.5 cm³/mol. The maximum absolute atomic E-state index is 12.5. The van der Waals surface area contributed by atoms with Crippen LogP contribution in [0.15, 0.2) is 45.9 Å². The quantitative estimate of drug-likeness (QED) is 0.914. The zero-order valence-corrected chi connectivity index (χ0v) is 12.4. The van der Waals surface area contributed by atoms with Crippen LogP contribution in [0.1, 0.15) is 21.7 Å². The number of carbonyl (C=O) groups is 1. The van der Waals surface area contributed by atoms with E-state index in [4.69, 9.17) is 9.52 Å². The number of rotatable bonds is 5. The highest BCUT2D eigenvalue weighted by Crippen LogP contribution is 2.23. The van der Waals surface area contributed by atoms with Crippen LogP contribution in [0.25, 0.3) is 0 Å². The number of carboxylic acid groups (broad SMARTS) is 1. The monoisotopic (exact) mass is 309 g/mol. The molecule has 0 saturated heterocycles. The summed E-state index contributed by atoms with van der Waals surface area (Å²) < 4.78 is 31.3. The first-order valence-corrected chi connectivity index (χ1v) is 7.59. The zero-order chi connectivity index (χ0) is 15.6. The van der Waals surface area contributed by atoms with Gasteiger partial charge in [0.1, 0.15) is 5.76 Å². The van der Waals surface area contributed by atoms with Crippen molar-refractivity contribution in [3.63, 3.8) is 0 Å². The molecular formula is C14H15NO5S. The minimum atomic E-state index is -3.79. The topological polar surface area (TPSA) is 87.8 Å². The molecule has 1 heterocycles. The first-order chi connectivity index (χ1) is 9.84. The van der Waals surface area contributed by atoms with Crippen LogP contribution in [0.5, 0.6) is 0 Å². The molecule has 0 saturated carbocycles. The number of hydrogen-bond acceptors (Lipinski definition) is 4. The summed E-state index contributed by atoms with van der Waals surface area (Å²) in [4.78, 5) is 11.1. The molecule has 7 heteroatoms. The van der Waals surface area contributed by atoms with E-state index in [0.29, 0.717) is 5.76 Å². The Labute approximate surface area is 122 Å². The average molecular weight is 309 g/mol. The number of carboxylic acids is 1. The lowest BCUT2D eigenvalue weighted by atomic mass is 10.1. The van der Waals surface area contributed by atoms with Gasteiger partial charge in [0.2, 0.25) is 10.0 Å². The van der Waals surface area contributed by atoms with Gasteiger partial charge in [0, 0.05) is 7.05 Å². The second kappa shape index (κ2) is 5.71. The zero-order valence-electron chi connectivity index (χ0n) is 11.6. The summed E-state index contributed by atoms with van der Waals surface area (Å²) in [6, 6.07) is 7.54. The summed E-state index contributed by atoms with van der Waals surface area (Å²) in [6.07, 6.45) is 1.46. The van der Waals surface area contributed by atoms with Gasteiger partial charge >= 0.3 is 5.97 Å². The first-order valence-electron chi connectivity index (χ1n) is 6.15. The number of sulfonamides is 1. The van der Waals surface area contributed by atoms with Gasteiger partial charge in [-0.25, -0.2) is 13.2 Å². The molecule has 1 aromatic carbocycles. The van der Waals surface area contributed by atoms with E-state index in [-0.39, 0.29) is 22.6 Å².